The van der Waals surface area contributed by atoms with Gasteiger partial charge in [0.05, 0.1) is 6.33 Å². The number of aromatic nitrogens is 4. The molecule has 0 amide bonds. The zero-order chi connectivity index (χ0) is 9.84. The molecule has 6 nitrogen and oxygen atoms in total. The van der Waals surface area contributed by atoms with E-state index in [-0.39, 0.29) is 11.5 Å². The first-order chi connectivity index (χ1) is 6.27. The van der Waals surface area contributed by atoms with Crippen molar-refractivity contribution >= 4 is 29.7 Å². The molecule has 13 heavy (non-hydrogen) atoms. The van der Waals surface area contributed by atoms with E-state index in [4.69, 9.17) is 5.73 Å². The average Bonchev–Trinajstić information content (AvgIpc) is 2.55. The summed E-state index contributed by atoms with van der Waals surface area (Å²) in [7, 11) is 0. The Kier molecular flexibility index (Phi) is 2.91. The van der Waals surface area contributed by atoms with Crippen molar-refractivity contribution in [1.29, 1.82) is 0 Å². The number of nitrogens with one attached hydrogen (secondary N) is 2. The molecular weight excluding hydrogens is 190 g/mol. The minimum atomic E-state index is -0.301. The SMILES string of the molecule is CS.Nc1nc2nc[nH]c2c(=O)[nH]1. The van der Waals surface area contributed by atoms with E-state index in [9.17, 15) is 4.79 Å². The lowest BCUT2D eigenvalue weighted by Crippen LogP contribution is -2.10. The molecule has 0 atom stereocenters. The molecule has 0 aliphatic rings. The summed E-state index contributed by atoms with van der Waals surface area (Å²) < 4.78 is 0. The Morgan fingerprint density at radius 1 is 1.54 bits per heavy atom. The highest BCUT2D eigenvalue weighted by Crippen LogP contribution is 1.98. The molecule has 0 radical (unpaired) electrons. The van der Waals surface area contributed by atoms with Crippen LogP contribution in [0.3, 0.4) is 0 Å². The molecule has 2 rings (SSSR count). The number of H-pyrrole nitrogens is 2. The highest BCUT2D eigenvalue weighted by molar-refractivity contribution is 7.79. The smallest absolute Gasteiger partial charge is 0.278 e. The summed E-state index contributed by atoms with van der Waals surface area (Å²) in [6.07, 6.45) is 3.09. The van der Waals surface area contributed by atoms with Crippen LogP contribution < -0.4 is 11.3 Å². The van der Waals surface area contributed by atoms with Gasteiger partial charge in [-0.05, 0) is 6.26 Å². The predicted molar refractivity (Wildman–Crippen MR) is 53.8 cm³/mol. The number of nitrogens with zero attached hydrogens (tertiary/aromatic N) is 2. The first-order valence-electron chi connectivity index (χ1n) is 3.41. The average molecular weight is 199 g/mol. The Labute approximate surface area is 79.0 Å². The van der Waals surface area contributed by atoms with Crippen LogP contribution >= 0.6 is 12.6 Å². The van der Waals surface area contributed by atoms with Crippen LogP contribution in [0.25, 0.3) is 11.2 Å². The van der Waals surface area contributed by atoms with Crippen molar-refractivity contribution < 1.29 is 0 Å². The molecule has 70 valence electrons. The minimum Gasteiger partial charge on any atom is -0.369 e. The van der Waals surface area contributed by atoms with Gasteiger partial charge in [0.25, 0.3) is 5.56 Å². The molecule has 0 saturated heterocycles. The predicted octanol–water partition coefficient (Wildman–Crippen LogP) is -0.226. The fourth-order valence-electron chi connectivity index (χ4n) is 0.860. The van der Waals surface area contributed by atoms with Crippen molar-refractivity contribution in [2.24, 2.45) is 0 Å². The van der Waals surface area contributed by atoms with Gasteiger partial charge >= 0.3 is 0 Å². The standard InChI is InChI=1S/C5H5N5O.CH4S/c6-5-9-3-2(4(11)10-5)7-1-8-3;1-2/h1H,(H4,6,7,8,9,10,11);2H,1H3. The zero-order valence-corrected chi connectivity index (χ0v) is 7.80. The molecule has 2 aromatic heterocycles. The topological polar surface area (TPSA) is 100 Å². The van der Waals surface area contributed by atoms with Gasteiger partial charge in [-0.15, -0.1) is 0 Å². The van der Waals surface area contributed by atoms with Crippen molar-refractivity contribution in [3.63, 3.8) is 0 Å². The lowest BCUT2D eigenvalue weighted by molar-refractivity contribution is 1.17. The first kappa shape index (κ1) is 9.59. The third-order valence-corrected chi connectivity index (χ3v) is 1.31. The van der Waals surface area contributed by atoms with E-state index in [2.05, 4.69) is 32.6 Å². The van der Waals surface area contributed by atoms with E-state index in [1.54, 1.807) is 6.26 Å². The highest BCUT2D eigenvalue weighted by atomic mass is 32.1. The second-order valence-corrected chi connectivity index (χ2v) is 2.05. The number of rotatable bonds is 0. The normalized spacial score (nSPS) is 9.38. The maximum atomic E-state index is 11.0. The summed E-state index contributed by atoms with van der Waals surface area (Å²) in [4.78, 5) is 23.5. The maximum Gasteiger partial charge on any atom is 0.278 e. The Bertz CT molecular complexity index is 447. The summed E-state index contributed by atoms with van der Waals surface area (Å²) in [5.41, 5.74) is 5.65. The van der Waals surface area contributed by atoms with Gasteiger partial charge in [0, 0.05) is 0 Å². The Morgan fingerprint density at radius 3 is 2.92 bits per heavy atom. The number of hydrogen-bond acceptors (Lipinski definition) is 5. The molecule has 0 aliphatic carbocycles. The number of imidazole rings is 1. The fraction of sp³-hybridized carbons (Fsp3) is 0.167. The molecule has 0 unspecified atom stereocenters. The number of hydrogen-bond donors (Lipinski definition) is 4. The summed E-state index contributed by atoms with van der Waals surface area (Å²) in [5.74, 6) is 0.0783. The van der Waals surface area contributed by atoms with Gasteiger partial charge in [-0.1, -0.05) is 0 Å². The van der Waals surface area contributed by atoms with Gasteiger partial charge in [-0.25, -0.2) is 4.98 Å². The Balaban J connectivity index is 0.000000396. The molecular formula is C6H9N5OS. The number of thiol groups is 1. The molecule has 0 fully saturated rings. The van der Waals surface area contributed by atoms with E-state index in [1.807, 2.05) is 0 Å². The Morgan fingerprint density at radius 2 is 2.23 bits per heavy atom. The van der Waals surface area contributed by atoms with Gasteiger partial charge < -0.3 is 10.7 Å². The van der Waals surface area contributed by atoms with Crippen LogP contribution in [0, 0.1) is 0 Å². The van der Waals surface area contributed by atoms with Crippen molar-refractivity contribution in [2.45, 2.75) is 0 Å². The molecule has 0 saturated carbocycles. The van der Waals surface area contributed by atoms with Crippen molar-refractivity contribution in [2.75, 3.05) is 12.0 Å². The van der Waals surface area contributed by atoms with Gasteiger partial charge in [0.1, 0.15) is 0 Å². The minimum absolute atomic E-state index is 0.0783. The quantitative estimate of drug-likeness (QED) is 0.440. The van der Waals surface area contributed by atoms with E-state index >= 15 is 0 Å². The van der Waals surface area contributed by atoms with Crippen LogP contribution in [0.5, 0.6) is 0 Å². The van der Waals surface area contributed by atoms with Crippen molar-refractivity contribution in [3.05, 3.63) is 16.7 Å². The summed E-state index contributed by atoms with van der Waals surface area (Å²) >= 11 is 3.53. The first-order valence-corrected chi connectivity index (χ1v) is 4.30. The van der Waals surface area contributed by atoms with Crippen LogP contribution in [0.15, 0.2) is 11.1 Å². The largest absolute Gasteiger partial charge is 0.369 e. The number of fused-ring (bicyclic) bond motifs is 1. The molecule has 0 aliphatic heterocycles. The zero-order valence-electron chi connectivity index (χ0n) is 6.90. The van der Waals surface area contributed by atoms with Crippen LogP contribution in [0.2, 0.25) is 0 Å². The van der Waals surface area contributed by atoms with Gasteiger partial charge in [-0.3, -0.25) is 9.78 Å². The lowest BCUT2D eigenvalue weighted by Gasteiger charge is -1.89. The van der Waals surface area contributed by atoms with Gasteiger partial charge in [0.2, 0.25) is 5.95 Å². The highest BCUT2D eigenvalue weighted by Gasteiger charge is 2.01. The van der Waals surface area contributed by atoms with E-state index in [0.29, 0.717) is 11.2 Å². The third kappa shape index (κ3) is 1.81. The fourth-order valence-corrected chi connectivity index (χ4v) is 0.860. The molecule has 2 aromatic rings. The number of nitrogens with two attached hydrogens (primary N) is 1. The molecule has 4 N–H and O–H groups in total. The van der Waals surface area contributed by atoms with Crippen molar-refractivity contribution in [1.82, 2.24) is 19.9 Å². The van der Waals surface area contributed by atoms with Crippen LogP contribution in [0.1, 0.15) is 0 Å². The number of nitrogen functional groups attached to an aromatic ring is 1. The number of anilines is 1. The van der Waals surface area contributed by atoms with Gasteiger partial charge in [0.15, 0.2) is 11.2 Å². The lowest BCUT2D eigenvalue weighted by atomic mass is 10.5. The molecule has 2 heterocycles. The van der Waals surface area contributed by atoms with Crippen molar-refractivity contribution in [3.8, 4) is 0 Å². The molecule has 0 aromatic carbocycles. The van der Waals surface area contributed by atoms with E-state index in [1.165, 1.54) is 6.33 Å². The molecule has 7 heteroatoms. The Hall–Kier alpha value is -1.50. The number of aromatic amines is 2. The molecule has 0 spiro atoms. The summed E-state index contributed by atoms with van der Waals surface area (Å²) in [6.45, 7) is 0. The molecule has 0 bridgehead atoms. The monoisotopic (exact) mass is 199 g/mol. The van der Waals surface area contributed by atoms with E-state index in [0.717, 1.165) is 0 Å². The summed E-state index contributed by atoms with van der Waals surface area (Å²) in [6, 6.07) is 0. The second-order valence-electron chi connectivity index (χ2n) is 2.05. The van der Waals surface area contributed by atoms with Crippen LogP contribution in [-0.2, 0) is 0 Å². The maximum absolute atomic E-state index is 11.0. The van der Waals surface area contributed by atoms with Crippen LogP contribution in [-0.4, -0.2) is 26.2 Å². The summed E-state index contributed by atoms with van der Waals surface area (Å²) in [5, 5.41) is 0. The van der Waals surface area contributed by atoms with E-state index < -0.39 is 0 Å². The van der Waals surface area contributed by atoms with Gasteiger partial charge in [-0.2, -0.15) is 17.6 Å². The second kappa shape index (κ2) is 3.94. The van der Waals surface area contributed by atoms with Crippen LogP contribution in [0.4, 0.5) is 5.95 Å². The third-order valence-electron chi connectivity index (χ3n) is 1.31.